The Hall–Kier alpha value is -1.82. The molecule has 23 heavy (non-hydrogen) atoms. The number of carbonyl (C=O) groups excluding carboxylic acids is 2. The van der Waals surface area contributed by atoms with Crippen LogP contribution in [0, 0.1) is 13.8 Å². The average molecular weight is 369 g/mol. The molecule has 0 aliphatic heterocycles. The first-order chi connectivity index (χ1) is 10.8. The third-order valence-electron chi connectivity index (χ3n) is 3.25. The summed E-state index contributed by atoms with van der Waals surface area (Å²) in [5.41, 5.74) is 7.16. The summed E-state index contributed by atoms with van der Waals surface area (Å²) in [5, 5.41) is 4.09. The molecule has 0 spiro atoms. The van der Waals surface area contributed by atoms with Crippen LogP contribution >= 0.6 is 34.5 Å². The second-order valence-corrected chi connectivity index (χ2v) is 6.91. The Morgan fingerprint density at radius 1 is 1.26 bits per heavy atom. The molecule has 4 nitrogen and oxygen atoms in total. The lowest BCUT2D eigenvalue weighted by Gasteiger charge is -2.02. The van der Waals surface area contributed by atoms with Crippen LogP contribution in [0.2, 0.25) is 10.0 Å². The quantitative estimate of drug-likeness (QED) is 0.783. The lowest BCUT2D eigenvalue weighted by atomic mass is 10.1. The second-order valence-electron chi connectivity index (χ2n) is 4.84. The van der Waals surface area contributed by atoms with Gasteiger partial charge in [-0.3, -0.25) is 9.59 Å². The molecule has 0 atom stereocenters. The SMILES string of the molecule is Cc1sc(NC(=O)/C=C/c2ccc(Cl)cc2Cl)c(C(N)=O)c1C. The Morgan fingerprint density at radius 2 is 1.96 bits per heavy atom. The fraction of sp³-hybridized carbons (Fsp3) is 0.125. The van der Waals surface area contributed by atoms with Crippen molar-refractivity contribution in [3.63, 3.8) is 0 Å². The van der Waals surface area contributed by atoms with Crippen LogP contribution in [-0.4, -0.2) is 11.8 Å². The number of nitrogens with two attached hydrogens (primary N) is 1. The molecule has 2 rings (SSSR count). The zero-order valence-electron chi connectivity index (χ0n) is 12.4. The number of nitrogens with one attached hydrogen (secondary N) is 1. The van der Waals surface area contributed by atoms with Gasteiger partial charge in [0.1, 0.15) is 5.00 Å². The number of aryl methyl sites for hydroxylation is 1. The molecule has 0 fully saturated rings. The molecule has 7 heteroatoms. The number of thiophene rings is 1. The van der Waals surface area contributed by atoms with Crippen LogP contribution in [0.15, 0.2) is 24.3 Å². The van der Waals surface area contributed by atoms with Crippen molar-refractivity contribution < 1.29 is 9.59 Å². The van der Waals surface area contributed by atoms with Gasteiger partial charge in [-0.2, -0.15) is 0 Å². The minimum Gasteiger partial charge on any atom is -0.365 e. The number of amides is 2. The van der Waals surface area contributed by atoms with Crippen molar-refractivity contribution >= 4 is 57.4 Å². The molecule has 0 unspecified atom stereocenters. The third-order valence-corrected chi connectivity index (χ3v) is 4.93. The summed E-state index contributed by atoms with van der Waals surface area (Å²) in [7, 11) is 0. The van der Waals surface area contributed by atoms with Crippen LogP contribution < -0.4 is 11.1 Å². The molecular weight excluding hydrogens is 355 g/mol. The van der Waals surface area contributed by atoms with Gasteiger partial charge in [0.2, 0.25) is 5.91 Å². The highest BCUT2D eigenvalue weighted by atomic mass is 35.5. The fourth-order valence-electron chi connectivity index (χ4n) is 1.97. The molecule has 1 aromatic carbocycles. The first kappa shape index (κ1) is 17.5. The number of halogens is 2. The van der Waals surface area contributed by atoms with E-state index in [0.29, 0.717) is 26.2 Å². The fourth-order valence-corrected chi connectivity index (χ4v) is 3.51. The van der Waals surface area contributed by atoms with E-state index in [1.165, 1.54) is 17.4 Å². The van der Waals surface area contributed by atoms with Gasteiger partial charge in [0.15, 0.2) is 0 Å². The zero-order chi connectivity index (χ0) is 17.1. The monoisotopic (exact) mass is 368 g/mol. The number of rotatable bonds is 4. The van der Waals surface area contributed by atoms with Crippen LogP contribution in [0.25, 0.3) is 6.08 Å². The van der Waals surface area contributed by atoms with Crippen LogP contribution in [0.3, 0.4) is 0 Å². The third kappa shape index (κ3) is 4.13. The molecule has 0 radical (unpaired) electrons. The lowest BCUT2D eigenvalue weighted by Crippen LogP contribution is -2.16. The maximum atomic E-state index is 12.0. The average Bonchev–Trinajstić information content (AvgIpc) is 2.72. The highest BCUT2D eigenvalue weighted by molar-refractivity contribution is 7.16. The molecule has 0 bridgehead atoms. The van der Waals surface area contributed by atoms with Crippen LogP contribution in [0.5, 0.6) is 0 Å². The number of hydrogen-bond acceptors (Lipinski definition) is 3. The largest absolute Gasteiger partial charge is 0.365 e. The van der Waals surface area contributed by atoms with Crippen molar-refractivity contribution in [3.05, 3.63) is 55.9 Å². The maximum Gasteiger partial charge on any atom is 0.251 e. The van der Waals surface area contributed by atoms with E-state index in [1.54, 1.807) is 31.2 Å². The van der Waals surface area contributed by atoms with Gasteiger partial charge < -0.3 is 11.1 Å². The van der Waals surface area contributed by atoms with E-state index < -0.39 is 5.91 Å². The minimum absolute atomic E-state index is 0.346. The minimum atomic E-state index is -0.563. The highest BCUT2D eigenvalue weighted by Crippen LogP contribution is 2.32. The van der Waals surface area contributed by atoms with E-state index in [2.05, 4.69) is 5.32 Å². The van der Waals surface area contributed by atoms with E-state index in [0.717, 1.165) is 10.4 Å². The summed E-state index contributed by atoms with van der Waals surface area (Å²) in [6, 6.07) is 4.99. The molecule has 3 N–H and O–H groups in total. The van der Waals surface area contributed by atoms with E-state index in [9.17, 15) is 9.59 Å². The highest BCUT2D eigenvalue weighted by Gasteiger charge is 2.18. The Labute approximate surface area is 147 Å². The van der Waals surface area contributed by atoms with Crippen molar-refractivity contribution in [2.75, 3.05) is 5.32 Å². The Morgan fingerprint density at radius 3 is 2.57 bits per heavy atom. The van der Waals surface area contributed by atoms with E-state index in [4.69, 9.17) is 28.9 Å². The summed E-state index contributed by atoms with van der Waals surface area (Å²) in [4.78, 5) is 24.5. The first-order valence-corrected chi connectivity index (χ1v) is 8.20. The van der Waals surface area contributed by atoms with Gasteiger partial charge in [-0.1, -0.05) is 29.3 Å². The Kier molecular flexibility index (Phi) is 5.46. The van der Waals surface area contributed by atoms with Crippen LogP contribution in [-0.2, 0) is 4.79 Å². The molecule has 0 aliphatic carbocycles. The number of carbonyl (C=O) groups is 2. The zero-order valence-corrected chi connectivity index (χ0v) is 14.8. The molecule has 120 valence electrons. The number of hydrogen-bond donors (Lipinski definition) is 2. The molecule has 0 saturated heterocycles. The van der Waals surface area contributed by atoms with Gasteiger partial charge in [0, 0.05) is 21.0 Å². The topological polar surface area (TPSA) is 72.2 Å². The molecule has 2 aromatic rings. The van der Waals surface area contributed by atoms with E-state index >= 15 is 0 Å². The summed E-state index contributed by atoms with van der Waals surface area (Å²) in [6.45, 7) is 3.66. The van der Waals surface area contributed by atoms with Gasteiger partial charge >= 0.3 is 0 Å². The summed E-state index contributed by atoms with van der Waals surface area (Å²) >= 11 is 13.2. The number of benzene rings is 1. The van der Waals surface area contributed by atoms with Crippen molar-refractivity contribution in [1.82, 2.24) is 0 Å². The van der Waals surface area contributed by atoms with Crippen molar-refractivity contribution in [1.29, 1.82) is 0 Å². The molecule has 1 heterocycles. The van der Waals surface area contributed by atoms with Crippen molar-refractivity contribution in [3.8, 4) is 0 Å². The molecular formula is C16H14Cl2N2O2S. The Balaban J connectivity index is 2.18. The van der Waals surface area contributed by atoms with Gasteiger partial charge in [0.25, 0.3) is 5.91 Å². The summed E-state index contributed by atoms with van der Waals surface area (Å²) < 4.78 is 0. The standard InChI is InChI=1S/C16H14Cl2N2O2S/c1-8-9(2)23-16(14(8)15(19)22)20-13(21)6-4-10-3-5-11(17)7-12(10)18/h3-7H,1-2H3,(H2,19,22)(H,20,21)/b6-4+. The first-order valence-electron chi connectivity index (χ1n) is 6.63. The van der Waals surface area contributed by atoms with Crippen molar-refractivity contribution in [2.24, 2.45) is 5.73 Å². The van der Waals surface area contributed by atoms with Crippen LogP contribution in [0.4, 0.5) is 5.00 Å². The van der Waals surface area contributed by atoms with Gasteiger partial charge in [-0.15, -0.1) is 11.3 Å². The van der Waals surface area contributed by atoms with E-state index in [-0.39, 0.29) is 5.91 Å². The van der Waals surface area contributed by atoms with Crippen molar-refractivity contribution in [2.45, 2.75) is 13.8 Å². The predicted molar refractivity (Wildman–Crippen MR) is 96.4 cm³/mol. The molecule has 2 amide bonds. The second kappa shape index (κ2) is 7.17. The smallest absolute Gasteiger partial charge is 0.251 e. The van der Waals surface area contributed by atoms with Gasteiger partial charge in [0.05, 0.1) is 5.56 Å². The maximum absolute atomic E-state index is 12.0. The summed E-state index contributed by atoms with van der Waals surface area (Å²) in [5.74, 6) is -0.938. The number of primary amides is 1. The molecule has 0 aliphatic rings. The predicted octanol–water partition coefficient (Wildman–Crippen LogP) is 4.42. The van der Waals surface area contributed by atoms with Gasteiger partial charge in [-0.05, 0) is 43.2 Å². The molecule has 1 aromatic heterocycles. The summed E-state index contributed by atoms with van der Waals surface area (Å²) in [6.07, 6.45) is 2.91. The van der Waals surface area contributed by atoms with Gasteiger partial charge in [-0.25, -0.2) is 0 Å². The van der Waals surface area contributed by atoms with Crippen LogP contribution in [0.1, 0.15) is 26.4 Å². The normalized spacial score (nSPS) is 11.0. The molecule has 0 saturated carbocycles. The lowest BCUT2D eigenvalue weighted by molar-refractivity contribution is -0.111. The Bertz CT molecular complexity index is 813. The van der Waals surface area contributed by atoms with E-state index in [1.807, 2.05) is 6.92 Å². The number of anilines is 1.